The summed E-state index contributed by atoms with van der Waals surface area (Å²) in [6.07, 6.45) is 7.65. The highest BCUT2D eigenvalue weighted by Crippen LogP contribution is 2.43. The molecule has 2 N–H and O–H groups in total. The first kappa shape index (κ1) is 22.3. The summed E-state index contributed by atoms with van der Waals surface area (Å²) in [6.45, 7) is 0. The molecule has 0 saturated heterocycles. The Hall–Kier alpha value is -3.49. The summed E-state index contributed by atoms with van der Waals surface area (Å²) in [5, 5.41) is 10.6. The third-order valence-corrected chi connectivity index (χ3v) is 6.57. The van der Waals surface area contributed by atoms with Crippen LogP contribution in [0.1, 0.15) is 50.3 Å². The fourth-order valence-corrected chi connectivity index (χ4v) is 4.58. The molecule has 5 rings (SSSR count). The second-order valence-corrected chi connectivity index (χ2v) is 9.12. The number of para-hydroxylation sites is 1. The molecule has 0 bridgehead atoms. The predicted molar refractivity (Wildman–Crippen MR) is 128 cm³/mol. The molecule has 2 fully saturated rings. The van der Waals surface area contributed by atoms with Gasteiger partial charge in [0.1, 0.15) is 18.3 Å². The number of aryl methyl sites for hydroxylation is 1. The zero-order chi connectivity index (χ0) is 23.7. The van der Waals surface area contributed by atoms with E-state index < -0.39 is 6.17 Å². The summed E-state index contributed by atoms with van der Waals surface area (Å²) in [5.41, 5.74) is 2.42. The molecule has 1 amide bonds. The fourth-order valence-electron chi connectivity index (χ4n) is 4.58. The lowest BCUT2D eigenvalue weighted by Gasteiger charge is -2.21. The summed E-state index contributed by atoms with van der Waals surface area (Å²) in [7, 11) is 3.38. The molecule has 2 aliphatic rings. The van der Waals surface area contributed by atoms with Crippen LogP contribution >= 0.6 is 0 Å². The number of anilines is 3. The Balaban J connectivity index is 1.51. The second-order valence-electron chi connectivity index (χ2n) is 9.12. The van der Waals surface area contributed by atoms with Gasteiger partial charge in [-0.2, -0.15) is 5.10 Å². The third-order valence-electron chi connectivity index (χ3n) is 6.57. The SMILES string of the molecule is COc1c(Nc2cc(NC(=O)C3CC3)ncc2C(F)C2CCCC2)cccc1-c1ncn(C)n1. The van der Waals surface area contributed by atoms with E-state index in [4.69, 9.17) is 4.74 Å². The van der Waals surface area contributed by atoms with Gasteiger partial charge in [-0.1, -0.05) is 18.9 Å². The van der Waals surface area contributed by atoms with Gasteiger partial charge in [-0.25, -0.2) is 14.4 Å². The molecule has 9 heteroatoms. The van der Waals surface area contributed by atoms with Crippen LogP contribution in [0, 0.1) is 11.8 Å². The molecule has 2 heterocycles. The maximum absolute atomic E-state index is 15.6. The monoisotopic (exact) mass is 464 g/mol. The topological polar surface area (TPSA) is 94.0 Å². The van der Waals surface area contributed by atoms with E-state index in [2.05, 4.69) is 25.7 Å². The predicted octanol–water partition coefficient (Wildman–Crippen LogP) is 5.18. The van der Waals surface area contributed by atoms with Crippen LogP contribution in [0.25, 0.3) is 11.4 Å². The zero-order valence-corrected chi connectivity index (χ0v) is 19.4. The molecule has 2 aromatic heterocycles. The Morgan fingerprint density at radius 3 is 2.65 bits per heavy atom. The van der Waals surface area contributed by atoms with Gasteiger partial charge in [-0.15, -0.1) is 0 Å². The van der Waals surface area contributed by atoms with E-state index in [0.29, 0.717) is 34.3 Å². The Labute approximate surface area is 198 Å². The van der Waals surface area contributed by atoms with Gasteiger partial charge >= 0.3 is 0 Å². The van der Waals surface area contributed by atoms with Crippen LogP contribution in [0.3, 0.4) is 0 Å². The van der Waals surface area contributed by atoms with Gasteiger partial charge in [0.25, 0.3) is 0 Å². The van der Waals surface area contributed by atoms with Crippen molar-refractivity contribution >= 4 is 23.1 Å². The van der Waals surface area contributed by atoms with Crippen LogP contribution < -0.4 is 15.4 Å². The number of aromatic nitrogens is 4. The van der Waals surface area contributed by atoms with Crippen LogP contribution in [0.4, 0.5) is 21.6 Å². The van der Waals surface area contributed by atoms with E-state index in [1.54, 1.807) is 37.4 Å². The van der Waals surface area contributed by atoms with Gasteiger partial charge in [0.2, 0.25) is 5.91 Å². The molecule has 2 aliphatic carbocycles. The molecule has 178 valence electrons. The maximum Gasteiger partial charge on any atom is 0.228 e. The Morgan fingerprint density at radius 2 is 1.97 bits per heavy atom. The average molecular weight is 465 g/mol. The fraction of sp³-hybridized carbons (Fsp3) is 0.440. The summed E-state index contributed by atoms with van der Waals surface area (Å²) in [6, 6.07) is 7.32. The van der Waals surface area contributed by atoms with Crippen molar-refractivity contribution in [3.05, 3.63) is 42.4 Å². The summed E-state index contributed by atoms with van der Waals surface area (Å²) >= 11 is 0. The number of pyridine rings is 1. The molecule has 1 unspecified atom stereocenters. The lowest BCUT2D eigenvalue weighted by atomic mass is 9.95. The molecular weight excluding hydrogens is 435 g/mol. The maximum atomic E-state index is 15.6. The highest BCUT2D eigenvalue weighted by atomic mass is 19.1. The molecule has 0 spiro atoms. The molecular formula is C25H29FN6O2. The van der Waals surface area contributed by atoms with Crippen molar-refractivity contribution in [2.24, 2.45) is 18.9 Å². The average Bonchev–Trinajstić information content (AvgIpc) is 3.37. The number of methoxy groups -OCH3 is 1. The van der Waals surface area contributed by atoms with Gasteiger partial charge in [-0.3, -0.25) is 9.48 Å². The van der Waals surface area contributed by atoms with Crippen molar-refractivity contribution in [1.82, 2.24) is 19.7 Å². The first-order valence-corrected chi connectivity index (χ1v) is 11.8. The minimum atomic E-state index is -1.14. The molecule has 3 aromatic rings. The summed E-state index contributed by atoms with van der Waals surface area (Å²) < 4.78 is 23.0. The highest BCUT2D eigenvalue weighted by molar-refractivity contribution is 5.93. The van der Waals surface area contributed by atoms with E-state index in [1.165, 1.54) is 0 Å². The van der Waals surface area contributed by atoms with E-state index >= 15 is 4.39 Å². The minimum absolute atomic E-state index is 0.0276. The van der Waals surface area contributed by atoms with Crippen molar-refractivity contribution < 1.29 is 13.9 Å². The van der Waals surface area contributed by atoms with Gasteiger partial charge in [0.15, 0.2) is 11.6 Å². The molecule has 1 aromatic carbocycles. The number of rotatable bonds is 8. The summed E-state index contributed by atoms with van der Waals surface area (Å²) in [5.74, 6) is 1.47. The van der Waals surface area contributed by atoms with Crippen LogP contribution in [0.5, 0.6) is 5.75 Å². The van der Waals surface area contributed by atoms with Crippen LogP contribution in [-0.2, 0) is 11.8 Å². The molecule has 8 nitrogen and oxygen atoms in total. The van der Waals surface area contributed by atoms with E-state index in [-0.39, 0.29) is 17.7 Å². The van der Waals surface area contributed by atoms with Crippen LogP contribution in [0.2, 0.25) is 0 Å². The third kappa shape index (κ3) is 4.60. The standard InChI is InChI=1S/C25H29FN6O2/c1-32-14-28-24(31-32)17-8-5-9-19(23(17)34-2)29-20-12-21(30-25(33)16-10-11-16)27-13-18(20)22(26)15-6-3-4-7-15/h5,8-9,12-16,22H,3-4,6-7,10-11H2,1-2H3,(H2,27,29,30,33). The van der Waals surface area contributed by atoms with Gasteiger partial charge in [0.05, 0.1) is 18.4 Å². The Kier molecular flexibility index (Phi) is 6.17. The van der Waals surface area contributed by atoms with Crippen LogP contribution in [-0.4, -0.2) is 32.8 Å². The van der Waals surface area contributed by atoms with Gasteiger partial charge in [-0.05, 0) is 43.7 Å². The second kappa shape index (κ2) is 9.40. The van der Waals surface area contributed by atoms with Crippen molar-refractivity contribution in [2.75, 3.05) is 17.7 Å². The van der Waals surface area contributed by atoms with Crippen molar-refractivity contribution in [3.63, 3.8) is 0 Å². The lowest BCUT2D eigenvalue weighted by Crippen LogP contribution is -2.15. The number of halogens is 1. The number of nitrogens with one attached hydrogen (secondary N) is 2. The molecule has 2 saturated carbocycles. The molecule has 0 aliphatic heterocycles. The molecule has 34 heavy (non-hydrogen) atoms. The van der Waals surface area contributed by atoms with Crippen LogP contribution in [0.15, 0.2) is 36.8 Å². The number of carbonyl (C=O) groups excluding carboxylic acids is 1. The first-order valence-electron chi connectivity index (χ1n) is 11.8. The van der Waals surface area contributed by atoms with Gasteiger partial charge < -0.3 is 15.4 Å². The minimum Gasteiger partial charge on any atom is -0.494 e. The van der Waals surface area contributed by atoms with E-state index in [1.807, 2.05) is 18.2 Å². The van der Waals surface area contributed by atoms with E-state index in [9.17, 15) is 4.79 Å². The number of ether oxygens (including phenoxy) is 1. The molecule has 1 atom stereocenters. The number of amides is 1. The van der Waals surface area contributed by atoms with Crippen molar-refractivity contribution in [3.8, 4) is 17.1 Å². The number of hydrogen-bond donors (Lipinski definition) is 2. The number of hydrogen-bond acceptors (Lipinski definition) is 6. The number of carbonyl (C=O) groups is 1. The number of alkyl halides is 1. The quantitative estimate of drug-likeness (QED) is 0.477. The Morgan fingerprint density at radius 1 is 1.18 bits per heavy atom. The van der Waals surface area contributed by atoms with Gasteiger partial charge in [0, 0.05) is 36.5 Å². The smallest absolute Gasteiger partial charge is 0.228 e. The largest absolute Gasteiger partial charge is 0.494 e. The Bertz CT molecular complexity index is 1190. The zero-order valence-electron chi connectivity index (χ0n) is 19.4. The van der Waals surface area contributed by atoms with Crippen molar-refractivity contribution in [2.45, 2.75) is 44.7 Å². The lowest BCUT2D eigenvalue weighted by molar-refractivity contribution is -0.117. The molecule has 0 radical (unpaired) electrons. The highest BCUT2D eigenvalue weighted by Gasteiger charge is 2.31. The number of benzene rings is 1. The number of nitrogens with zero attached hydrogens (tertiary/aromatic N) is 4. The van der Waals surface area contributed by atoms with E-state index in [0.717, 1.165) is 44.1 Å². The normalized spacial score (nSPS) is 16.9. The van der Waals surface area contributed by atoms with Crippen molar-refractivity contribution in [1.29, 1.82) is 0 Å². The first-order chi connectivity index (χ1) is 16.5. The summed E-state index contributed by atoms with van der Waals surface area (Å²) in [4.78, 5) is 21.0.